The van der Waals surface area contributed by atoms with Crippen molar-refractivity contribution >= 4 is 34.5 Å². The Kier molecular flexibility index (Phi) is 9.85. The van der Waals surface area contributed by atoms with Crippen LogP contribution < -0.4 is 15.4 Å². The number of hydrogen-bond donors (Lipinski definition) is 2. The number of rotatable bonds is 7. The molecule has 4 heterocycles. The van der Waals surface area contributed by atoms with E-state index in [0.29, 0.717) is 55.7 Å². The minimum absolute atomic E-state index is 0.0554. The average Bonchev–Trinajstić information content (AvgIpc) is 3.36. The number of methoxy groups -OCH3 is 1. The van der Waals surface area contributed by atoms with Crippen molar-refractivity contribution in [3.05, 3.63) is 161 Å². The molecule has 11 nitrogen and oxygen atoms in total. The molecule has 2 aromatic heterocycles. The molecule has 2 spiro atoms. The zero-order valence-electron chi connectivity index (χ0n) is 36.2. The first kappa shape index (κ1) is 39.7. The van der Waals surface area contributed by atoms with Crippen molar-refractivity contribution in [1.82, 2.24) is 29.7 Å². The van der Waals surface area contributed by atoms with Gasteiger partial charge in [0.1, 0.15) is 5.75 Å². The number of anilines is 2. The van der Waals surface area contributed by atoms with Crippen LogP contribution in [0.1, 0.15) is 74.2 Å². The smallest absolute Gasteiger partial charge is 0.253 e. The second kappa shape index (κ2) is 15.9. The van der Waals surface area contributed by atoms with Gasteiger partial charge in [0.2, 0.25) is 11.9 Å². The first-order valence-corrected chi connectivity index (χ1v) is 22.4. The maximum Gasteiger partial charge on any atom is 0.253 e. The van der Waals surface area contributed by atoms with Gasteiger partial charge in [0, 0.05) is 85.2 Å². The number of hydrogen-bond acceptors (Lipinski definition) is 9. The molecule has 7 aromatic rings. The van der Waals surface area contributed by atoms with Crippen LogP contribution in [0.3, 0.4) is 0 Å². The Hall–Kier alpha value is -7.14. The number of carbonyl (C=O) groups excluding carboxylic acids is 2. The fraction of sp³-hybridized carbons (Fsp3) is 0.283. The lowest BCUT2D eigenvalue weighted by Crippen LogP contribution is -2.47. The normalized spacial score (nSPS) is 16.7. The fourth-order valence-corrected chi connectivity index (χ4v) is 11.1. The van der Waals surface area contributed by atoms with E-state index in [1.54, 1.807) is 7.11 Å². The zero-order chi connectivity index (χ0) is 43.4. The summed E-state index contributed by atoms with van der Waals surface area (Å²) in [5.41, 5.74) is 11.4. The lowest BCUT2D eigenvalue weighted by atomic mass is 9.64. The molecule has 2 fully saturated rings. The van der Waals surface area contributed by atoms with E-state index in [1.807, 2.05) is 77.8 Å². The third-order valence-corrected chi connectivity index (χ3v) is 14.5. The minimum Gasteiger partial charge on any atom is -0.497 e. The summed E-state index contributed by atoms with van der Waals surface area (Å²) >= 11 is 0. The highest BCUT2D eigenvalue weighted by Gasteiger charge is 2.44. The van der Waals surface area contributed by atoms with Crippen LogP contribution in [-0.4, -0.2) is 81.9 Å². The SMILES string of the molecule is CNc1ncc2c(n1)-c1ccccc1C1(CCN(C(=O)c3cc(CNc4ncc5c(n4)-c4ccccc4C4(CCN(C(=O)c6ccc(OC)cc6)CC4)C5)c4ccccc4c3)CC1)C2. The molecule has 0 unspecified atom stereocenters. The Morgan fingerprint density at radius 1 is 0.641 bits per heavy atom. The molecule has 2 aliphatic heterocycles. The Bertz CT molecular complexity index is 2950. The number of ether oxygens (including phenoxy) is 1. The summed E-state index contributed by atoms with van der Waals surface area (Å²) in [5, 5.41) is 8.75. The lowest BCUT2D eigenvalue weighted by molar-refractivity contribution is 0.0656. The van der Waals surface area contributed by atoms with Crippen LogP contribution in [0.4, 0.5) is 11.9 Å². The molecule has 2 aliphatic carbocycles. The number of nitrogens with zero attached hydrogens (tertiary/aromatic N) is 6. The molecule has 2 saturated heterocycles. The number of carbonyl (C=O) groups is 2. The molecule has 0 bridgehead atoms. The van der Waals surface area contributed by atoms with Gasteiger partial charge >= 0.3 is 0 Å². The molecule has 4 aliphatic rings. The Balaban J connectivity index is 0.801. The highest BCUT2D eigenvalue weighted by molar-refractivity contribution is 6.00. The number of piperidine rings is 2. The summed E-state index contributed by atoms with van der Waals surface area (Å²) in [6, 6.07) is 37.0. The summed E-state index contributed by atoms with van der Waals surface area (Å²) in [6.07, 6.45) is 9.10. The summed E-state index contributed by atoms with van der Waals surface area (Å²) < 4.78 is 5.30. The predicted molar refractivity (Wildman–Crippen MR) is 250 cm³/mol. The van der Waals surface area contributed by atoms with E-state index in [9.17, 15) is 9.59 Å². The van der Waals surface area contributed by atoms with Crippen molar-refractivity contribution in [3.8, 4) is 28.3 Å². The molecule has 64 heavy (non-hydrogen) atoms. The molecule has 2 amide bonds. The zero-order valence-corrected chi connectivity index (χ0v) is 36.2. The van der Waals surface area contributed by atoms with Gasteiger partial charge in [0.05, 0.1) is 18.5 Å². The summed E-state index contributed by atoms with van der Waals surface area (Å²) in [5.74, 6) is 2.02. The highest BCUT2D eigenvalue weighted by atomic mass is 16.5. The van der Waals surface area contributed by atoms with Gasteiger partial charge in [-0.2, -0.15) is 0 Å². The van der Waals surface area contributed by atoms with E-state index in [-0.39, 0.29) is 22.6 Å². The van der Waals surface area contributed by atoms with Gasteiger partial charge in [-0.25, -0.2) is 19.9 Å². The summed E-state index contributed by atoms with van der Waals surface area (Å²) in [4.78, 5) is 51.4. The van der Waals surface area contributed by atoms with Gasteiger partial charge in [-0.1, -0.05) is 72.8 Å². The standard InChI is InChI=1S/C53H50N8O3/c1-54-50-55-32-38-29-53(44-13-7-5-11-42(44)46(38)58-50)21-25-61(26-22-53)49(63)36-27-35-9-3-4-10-41(35)37(28-36)31-56-51-57-33-39-30-52(45-14-8-6-12-43(45)47(39)59-51)19-23-60(24-20-52)48(62)34-15-17-40(64-2)18-16-34/h3-18,27-28,32-33H,19-26,29-31H2,1-2H3,(H,54,55,58)(H,56,57,59). The van der Waals surface area contributed by atoms with Gasteiger partial charge in [-0.15, -0.1) is 0 Å². The third kappa shape index (κ3) is 6.81. The topological polar surface area (TPSA) is 125 Å². The molecule has 320 valence electrons. The largest absolute Gasteiger partial charge is 0.497 e. The van der Waals surface area contributed by atoms with E-state index in [4.69, 9.17) is 19.7 Å². The van der Waals surface area contributed by atoms with E-state index < -0.39 is 0 Å². The van der Waals surface area contributed by atoms with E-state index in [0.717, 1.165) is 88.7 Å². The minimum atomic E-state index is -0.0998. The second-order valence-electron chi connectivity index (χ2n) is 17.9. The van der Waals surface area contributed by atoms with Crippen molar-refractivity contribution in [2.24, 2.45) is 0 Å². The highest BCUT2D eigenvalue weighted by Crippen LogP contribution is 2.50. The van der Waals surface area contributed by atoms with Crippen molar-refractivity contribution in [3.63, 3.8) is 0 Å². The Labute approximate surface area is 373 Å². The Morgan fingerprint density at radius 3 is 1.77 bits per heavy atom. The van der Waals surface area contributed by atoms with Gasteiger partial charge in [0.25, 0.3) is 11.8 Å². The quantitative estimate of drug-likeness (QED) is 0.162. The van der Waals surface area contributed by atoms with Gasteiger partial charge < -0.3 is 25.2 Å². The number of benzene rings is 5. The predicted octanol–water partition coefficient (Wildman–Crippen LogP) is 8.88. The van der Waals surface area contributed by atoms with Crippen LogP contribution in [-0.2, 0) is 30.2 Å². The molecule has 11 heteroatoms. The fourth-order valence-electron chi connectivity index (χ4n) is 11.1. The van der Waals surface area contributed by atoms with Crippen LogP contribution in [0.5, 0.6) is 5.75 Å². The Morgan fingerprint density at radius 2 is 1.17 bits per heavy atom. The summed E-state index contributed by atoms with van der Waals surface area (Å²) in [7, 11) is 3.48. The van der Waals surface area contributed by atoms with Crippen LogP contribution in [0.15, 0.2) is 122 Å². The first-order valence-electron chi connectivity index (χ1n) is 22.4. The van der Waals surface area contributed by atoms with Gasteiger partial charge in [-0.3, -0.25) is 9.59 Å². The third-order valence-electron chi connectivity index (χ3n) is 14.5. The van der Waals surface area contributed by atoms with Crippen LogP contribution >= 0.6 is 0 Å². The van der Waals surface area contributed by atoms with Crippen LogP contribution in [0, 0.1) is 0 Å². The van der Waals surface area contributed by atoms with Crippen LogP contribution in [0.2, 0.25) is 0 Å². The number of aromatic nitrogens is 4. The molecule has 5 aromatic carbocycles. The average molecular weight is 847 g/mol. The molecule has 2 N–H and O–H groups in total. The first-order chi connectivity index (χ1) is 31.3. The molecule has 0 atom stereocenters. The van der Waals surface area contributed by atoms with Gasteiger partial charge in [0.15, 0.2) is 0 Å². The lowest BCUT2D eigenvalue weighted by Gasteiger charge is -2.45. The van der Waals surface area contributed by atoms with E-state index in [2.05, 4.69) is 76.3 Å². The van der Waals surface area contributed by atoms with Crippen LogP contribution in [0.25, 0.3) is 33.3 Å². The second-order valence-corrected chi connectivity index (χ2v) is 17.9. The number of nitrogens with one attached hydrogen (secondary N) is 2. The maximum absolute atomic E-state index is 14.4. The molecule has 11 rings (SSSR count). The molecular weight excluding hydrogens is 797 g/mol. The molecular formula is C53H50N8O3. The van der Waals surface area contributed by atoms with Crippen molar-refractivity contribution < 1.29 is 14.3 Å². The van der Waals surface area contributed by atoms with E-state index in [1.165, 1.54) is 16.7 Å². The monoisotopic (exact) mass is 846 g/mol. The number of amides is 2. The van der Waals surface area contributed by atoms with Crippen molar-refractivity contribution in [2.75, 3.05) is 51.0 Å². The molecule has 0 saturated carbocycles. The molecule has 0 radical (unpaired) electrons. The number of fused-ring (bicyclic) bond motifs is 9. The summed E-state index contributed by atoms with van der Waals surface area (Å²) in [6.45, 7) is 3.16. The van der Waals surface area contributed by atoms with Crippen molar-refractivity contribution in [1.29, 1.82) is 0 Å². The number of likely N-dealkylation sites (tertiary alicyclic amines) is 2. The van der Waals surface area contributed by atoms with Gasteiger partial charge in [-0.05, 0) is 114 Å². The van der Waals surface area contributed by atoms with Crippen molar-refractivity contribution in [2.45, 2.75) is 55.9 Å². The maximum atomic E-state index is 14.4. The van der Waals surface area contributed by atoms with E-state index >= 15 is 0 Å².